The van der Waals surface area contributed by atoms with Gasteiger partial charge in [0.15, 0.2) is 0 Å². The van der Waals surface area contributed by atoms with Crippen molar-refractivity contribution in [2.24, 2.45) is 0 Å². The summed E-state index contributed by atoms with van der Waals surface area (Å²) < 4.78 is 27.7. The molecule has 2 N–H and O–H groups in total. The molecule has 26 heavy (non-hydrogen) atoms. The first kappa shape index (κ1) is 20.0. The molecule has 0 aliphatic rings. The van der Waals surface area contributed by atoms with Gasteiger partial charge in [0, 0.05) is 17.8 Å². The molecule has 0 unspecified atom stereocenters. The van der Waals surface area contributed by atoms with Crippen LogP contribution in [0.3, 0.4) is 0 Å². The number of unbranched alkanes of at least 4 members (excludes halogenated alkanes) is 2. The normalized spacial score (nSPS) is 11.2. The third-order valence-corrected chi connectivity index (χ3v) is 5.47. The van der Waals surface area contributed by atoms with Crippen molar-refractivity contribution in [3.63, 3.8) is 0 Å². The van der Waals surface area contributed by atoms with Gasteiger partial charge in [-0.1, -0.05) is 44.9 Å². The highest BCUT2D eigenvalue weighted by molar-refractivity contribution is 7.92. The van der Waals surface area contributed by atoms with Gasteiger partial charge in [-0.25, -0.2) is 8.42 Å². The van der Waals surface area contributed by atoms with E-state index in [0.29, 0.717) is 17.8 Å². The largest absolute Gasteiger partial charge is 0.352 e. The zero-order valence-corrected chi connectivity index (χ0v) is 16.1. The number of carbonyl (C=O) groups excluding carboxylic acids is 1. The minimum Gasteiger partial charge on any atom is -0.352 e. The van der Waals surface area contributed by atoms with Gasteiger partial charge in [-0.3, -0.25) is 9.52 Å². The molecule has 2 rings (SSSR count). The first-order chi connectivity index (χ1) is 12.5. The average Bonchev–Trinajstić information content (AvgIpc) is 2.65. The van der Waals surface area contributed by atoms with Crippen molar-refractivity contribution < 1.29 is 13.2 Å². The molecule has 6 heteroatoms. The summed E-state index contributed by atoms with van der Waals surface area (Å²) in [5.41, 5.74) is 1.97. The van der Waals surface area contributed by atoms with Crippen molar-refractivity contribution in [2.75, 3.05) is 11.3 Å². The van der Waals surface area contributed by atoms with Crippen molar-refractivity contribution in [1.82, 2.24) is 5.32 Å². The Bertz CT molecular complexity index is 830. The second kappa shape index (κ2) is 9.38. The molecule has 0 fully saturated rings. The van der Waals surface area contributed by atoms with Gasteiger partial charge in [0.25, 0.3) is 15.9 Å². The Labute approximate surface area is 155 Å². The van der Waals surface area contributed by atoms with Crippen LogP contribution in [0, 0.1) is 0 Å². The van der Waals surface area contributed by atoms with E-state index in [1.165, 1.54) is 12.1 Å². The molecule has 0 heterocycles. The van der Waals surface area contributed by atoms with Gasteiger partial charge in [0.1, 0.15) is 0 Å². The predicted octanol–water partition coefficient (Wildman–Crippen LogP) is 3.97. The van der Waals surface area contributed by atoms with Crippen LogP contribution < -0.4 is 10.0 Å². The van der Waals surface area contributed by atoms with Gasteiger partial charge >= 0.3 is 0 Å². The Morgan fingerprint density at radius 1 is 1.00 bits per heavy atom. The number of anilines is 1. The molecule has 0 aromatic heterocycles. The molecule has 2 aromatic rings. The van der Waals surface area contributed by atoms with Crippen molar-refractivity contribution >= 4 is 21.6 Å². The van der Waals surface area contributed by atoms with Crippen molar-refractivity contribution in [3.8, 4) is 0 Å². The maximum Gasteiger partial charge on any atom is 0.261 e. The van der Waals surface area contributed by atoms with Crippen LogP contribution in [-0.4, -0.2) is 20.9 Å². The number of rotatable bonds is 9. The van der Waals surface area contributed by atoms with Gasteiger partial charge in [-0.2, -0.15) is 0 Å². The second-order valence-corrected chi connectivity index (χ2v) is 7.83. The quantitative estimate of drug-likeness (QED) is 0.652. The summed E-state index contributed by atoms with van der Waals surface area (Å²) in [5.74, 6) is -0.259. The van der Waals surface area contributed by atoms with Gasteiger partial charge in [-0.15, -0.1) is 0 Å². The van der Waals surface area contributed by atoms with Gasteiger partial charge < -0.3 is 5.32 Å². The minimum atomic E-state index is -3.75. The summed E-state index contributed by atoms with van der Waals surface area (Å²) >= 11 is 0. The van der Waals surface area contributed by atoms with Crippen molar-refractivity contribution in [2.45, 2.75) is 44.4 Å². The van der Waals surface area contributed by atoms with Crippen LogP contribution in [0.5, 0.6) is 0 Å². The first-order valence-corrected chi connectivity index (χ1v) is 10.4. The van der Waals surface area contributed by atoms with Gasteiger partial charge in [0.05, 0.1) is 4.90 Å². The lowest BCUT2D eigenvalue weighted by Gasteiger charge is -2.10. The van der Waals surface area contributed by atoms with E-state index in [0.717, 1.165) is 31.2 Å². The summed E-state index contributed by atoms with van der Waals surface area (Å²) in [5, 5.41) is 2.82. The molecule has 0 saturated carbocycles. The Balaban J connectivity index is 2.10. The Hall–Kier alpha value is -2.34. The summed E-state index contributed by atoms with van der Waals surface area (Å²) in [6.45, 7) is 4.72. The maximum absolute atomic E-state index is 12.6. The second-order valence-electron chi connectivity index (χ2n) is 6.15. The summed E-state index contributed by atoms with van der Waals surface area (Å²) in [7, 11) is -3.75. The summed E-state index contributed by atoms with van der Waals surface area (Å²) in [6.07, 6.45) is 3.93. The molecular formula is C20H26N2O3S. The third-order valence-electron chi connectivity index (χ3n) is 4.09. The van der Waals surface area contributed by atoms with Crippen molar-refractivity contribution in [1.29, 1.82) is 0 Å². The van der Waals surface area contributed by atoms with E-state index in [4.69, 9.17) is 0 Å². The van der Waals surface area contributed by atoms with Crippen LogP contribution in [0.1, 0.15) is 49.0 Å². The molecule has 0 aliphatic heterocycles. The molecule has 2 aromatic carbocycles. The van der Waals surface area contributed by atoms with E-state index in [1.807, 2.05) is 19.1 Å². The zero-order valence-electron chi connectivity index (χ0n) is 15.3. The Kier molecular flexibility index (Phi) is 7.21. The molecule has 0 bridgehead atoms. The molecule has 0 saturated heterocycles. The molecule has 5 nitrogen and oxygen atoms in total. The molecule has 0 radical (unpaired) electrons. The number of carbonyl (C=O) groups is 1. The first-order valence-electron chi connectivity index (χ1n) is 8.96. The highest BCUT2D eigenvalue weighted by Crippen LogP contribution is 2.18. The van der Waals surface area contributed by atoms with E-state index in [9.17, 15) is 13.2 Å². The minimum absolute atomic E-state index is 0.0678. The van der Waals surface area contributed by atoms with Crippen LogP contribution in [0.4, 0.5) is 5.69 Å². The number of aryl methyl sites for hydroxylation is 1. The fourth-order valence-corrected chi connectivity index (χ4v) is 3.61. The number of hydrogen-bond donors (Lipinski definition) is 2. The molecule has 1 amide bonds. The third kappa shape index (κ3) is 5.59. The maximum atomic E-state index is 12.6. The van der Waals surface area contributed by atoms with Crippen LogP contribution in [0.2, 0.25) is 0 Å². The Morgan fingerprint density at radius 3 is 2.38 bits per heavy atom. The van der Waals surface area contributed by atoms with E-state index in [-0.39, 0.29) is 10.8 Å². The Morgan fingerprint density at radius 2 is 1.73 bits per heavy atom. The fraction of sp³-hybridized carbons (Fsp3) is 0.350. The van der Waals surface area contributed by atoms with Crippen molar-refractivity contribution in [3.05, 3.63) is 59.7 Å². The molecule has 0 atom stereocenters. The molecular weight excluding hydrogens is 348 g/mol. The number of amides is 1. The van der Waals surface area contributed by atoms with Crippen LogP contribution >= 0.6 is 0 Å². The number of benzene rings is 2. The molecule has 0 aliphatic carbocycles. The van der Waals surface area contributed by atoms with Crippen LogP contribution in [0.25, 0.3) is 0 Å². The fourth-order valence-electron chi connectivity index (χ4n) is 2.51. The van der Waals surface area contributed by atoms with Gasteiger partial charge in [0.2, 0.25) is 0 Å². The summed E-state index contributed by atoms with van der Waals surface area (Å²) in [6, 6.07) is 13.3. The molecule has 0 spiro atoms. The van der Waals surface area contributed by atoms with E-state index >= 15 is 0 Å². The number of sulfonamides is 1. The monoisotopic (exact) mass is 374 g/mol. The highest BCUT2D eigenvalue weighted by Gasteiger charge is 2.16. The SMILES string of the molecule is CCCCCNC(=O)c1cccc(S(=O)(=O)Nc2ccc(CC)cc2)c1. The standard InChI is InChI=1S/C20H26N2O3S/c1-3-5-6-14-21-20(23)17-8-7-9-19(15-17)26(24,25)22-18-12-10-16(4-2)11-13-18/h7-13,15,22H,3-6,14H2,1-2H3,(H,21,23). The highest BCUT2D eigenvalue weighted by atomic mass is 32.2. The van der Waals surface area contributed by atoms with E-state index in [1.54, 1.807) is 24.3 Å². The van der Waals surface area contributed by atoms with Gasteiger partial charge in [-0.05, 0) is 48.7 Å². The predicted molar refractivity (Wildman–Crippen MR) is 105 cm³/mol. The lowest BCUT2D eigenvalue weighted by molar-refractivity contribution is 0.0952. The smallest absolute Gasteiger partial charge is 0.261 e. The van der Waals surface area contributed by atoms with E-state index < -0.39 is 10.0 Å². The molecule has 140 valence electrons. The van der Waals surface area contributed by atoms with E-state index in [2.05, 4.69) is 17.0 Å². The zero-order chi connectivity index (χ0) is 19.0. The number of hydrogen-bond acceptors (Lipinski definition) is 3. The number of nitrogens with one attached hydrogen (secondary N) is 2. The summed E-state index contributed by atoms with van der Waals surface area (Å²) in [4.78, 5) is 12.3. The average molecular weight is 375 g/mol. The van der Waals surface area contributed by atoms with Crippen LogP contribution in [-0.2, 0) is 16.4 Å². The topological polar surface area (TPSA) is 75.3 Å². The van der Waals surface area contributed by atoms with Crippen LogP contribution in [0.15, 0.2) is 53.4 Å². The lowest BCUT2D eigenvalue weighted by Crippen LogP contribution is -2.24. The lowest BCUT2D eigenvalue weighted by atomic mass is 10.2.